The van der Waals surface area contributed by atoms with Crippen molar-refractivity contribution in [3.05, 3.63) is 0 Å². The second-order valence-corrected chi connectivity index (χ2v) is 13.7. The lowest BCUT2D eigenvalue weighted by atomic mass is 9.43. The molecule has 0 bridgehead atoms. The Bertz CT molecular complexity index is 963. The van der Waals surface area contributed by atoms with Crippen LogP contribution in [0.25, 0.3) is 0 Å². The third-order valence-corrected chi connectivity index (χ3v) is 12.3. The molecule has 1 N–H and O–H groups in total. The summed E-state index contributed by atoms with van der Waals surface area (Å²) in [6, 6.07) is 0. The third kappa shape index (κ3) is 2.36. The van der Waals surface area contributed by atoms with Gasteiger partial charge in [-0.05, 0) is 98.2 Å². The van der Waals surface area contributed by atoms with E-state index in [4.69, 9.17) is 8.92 Å². The third-order valence-electron chi connectivity index (χ3n) is 11.8. The zero-order valence-corrected chi connectivity index (χ0v) is 19.3. The zero-order chi connectivity index (χ0) is 21.6. The fraction of sp³-hybridized carbons (Fsp3) is 0.958. The molecule has 7 rings (SSSR count). The highest BCUT2D eigenvalue weighted by atomic mass is 32.3. The number of hydrogen-bond acceptors (Lipinski definition) is 5. The van der Waals surface area contributed by atoms with Crippen molar-refractivity contribution < 1.29 is 26.7 Å². The average molecular weight is 451 g/mol. The maximum atomic E-state index is 12.2. The van der Waals surface area contributed by atoms with E-state index in [0.717, 1.165) is 43.4 Å². The summed E-state index contributed by atoms with van der Waals surface area (Å²) in [6.45, 7) is 4.93. The minimum Gasteiger partial charge on any atom is -0.458 e. The molecule has 1 aliphatic heterocycles. The summed E-state index contributed by atoms with van der Waals surface area (Å²) in [4.78, 5) is 12.2. The molecular formula is C24H34O6S. The van der Waals surface area contributed by atoms with E-state index in [0.29, 0.717) is 42.4 Å². The summed E-state index contributed by atoms with van der Waals surface area (Å²) < 4.78 is 43.1. The second kappa shape index (κ2) is 5.69. The highest BCUT2D eigenvalue weighted by molar-refractivity contribution is 7.80. The monoisotopic (exact) mass is 450 g/mol. The van der Waals surface area contributed by atoms with Crippen LogP contribution in [0.2, 0.25) is 0 Å². The standard InChI is InChI=1S/C24H34O6S/c1-22-6-3-12(30-31(26,27)28)9-17(22)13-10-14(13)20-16(22)4-7-23(2)21(20)15-11-18(15)24(23)8-5-19(25)29-24/h12-18,20-21H,3-11H2,1-2H3,(H,26,27,28)/t12?,13-,14+,15-,16+,17+,18+,20-,21+,22-,23+,24+/m0/s1. The fourth-order valence-electron chi connectivity index (χ4n) is 10.8. The summed E-state index contributed by atoms with van der Waals surface area (Å²) in [5.74, 6) is 5.36. The first kappa shape index (κ1) is 19.8. The van der Waals surface area contributed by atoms with Crippen LogP contribution in [-0.4, -0.2) is 30.6 Å². The molecule has 0 radical (unpaired) electrons. The lowest BCUT2D eigenvalue weighted by Gasteiger charge is -2.62. The minimum atomic E-state index is -4.39. The van der Waals surface area contributed by atoms with Crippen LogP contribution in [0.1, 0.15) is 71.6 Å². The number of fused-ring (bicyclic) bond motifs is 12. The van der Waals surface area contributed by atoms with Crippen LogP contribution in [0, 0.1) is 58.2 Å². The van der Waals surface area contributed by atoms with Crippen LogP contribution in [0.3, 0.4) is 0 Å². The normalized spacial score (nSPS) is 61.0. The van der Waals surface area contributed by atoms with Gasteiger partial charge in [-0.1, -0.05) is 13.8 Å². The smallest absolute Gasteiger partial charge is 0.397 e. The van der Waals surface area contributed by atoms with Crippen molar-refractivity contribution >= 4 is 16.4 Å². The minimum absolute atomic E-state index is 0.0202. The molecule has 31 heavy (non-hydrogen) atoms. The van der Waals surface area contributed by atoms with Crippen molar-refractivity contribution in [2.75, 3.05) is 0 Å². The van der Waals surface area contributed by atoms with Crippen LogP contribution in [-0.2, 0) is 24.1 Å². The number of ether oxygens (including phenoxy) is 1. The van der Waals surface area contributed by atoms with Crippen LogP contribution in [0.4, 0.5) is 0 Å². The first-order valence-electron chi connectivity index (χ1n) is 12.4. The van der Waals surface area contributed by atoms with Gasteiger partial charge in [0.1, 0.15) is 5.60 Å². The first-order chi connectivity index (χ1) is 14.6. The van der Waals surface area contributed by atoms with Crippen LogP contribution in [0.15, 0.2) is 0 Å². The van der Waals surface area contributed by atoms with Crippen molar-refractivity contribution in [1.29, 1.82) is 0 Å². The molecule has 172 valence electrons. The molecule has 6 aliphatic carbocycles. The van der Waals surface area contributed by atoms with Crippen molar-refractivity contribution in [1.82, 2.24) is 0 Å². The maximum Gasteiger partial charge on any atom is 0.397 e. The Morgan fingerprint density at radius 2 is 1.77 bits per heavy atom. The summed E-state index contributed by atoms with van der Waals surface area (Å²) in [6.07, 6.45) is 8.48. The number of carbonyl (C=O) groups is 1. The molecule has 0 amide bonds. The molecule has 0 aromatic rings. The maximum absolute atomic E-state index is 12.2. The Kier molecular flexibility index (Phi) is 3.63. The molecule has 12 atom stereocenters. The Morgan fingerprint density at radius 3 is 2.48 bits per heavy atom. The van der Waals surface area contributed by atoms with Gasteiger partial charge in [-0.25, -0.2) is 4.18 Å². The van der Waals surface area contributed by atoms with E-state index in [1.54, 1.807) is 0 Å². The van der Waals surface area contributed by atoms with Crippen LogP contribution < -0.4 is 0 Å². The largest absolute Gasteiger partial charge is 0.458 e. The Balaban J connectivity index is 1.21. The number of rotatable bonds is 2. The summed E-state index contributed by atoms with van der Waals surface area (Å²) >= 11 is 0. The number of carbonyl (C=O) groups excluding carboxylic acids is 1. The molecule has 1 saturated heterocycles. The van der Waals surface area contributed by atoms with Gasteiger partial charge in [-0.2, -0.15) is 8.42 Å². The molecule has 7 fully saturated rings. The van der Waals surface area contributed by atoms with E-state index in [1.807, 2.05) is 0 Å². The Hall–Kier alpha value is -0.660. The zero-order valence-electron chi connectivity index (χ0n) is 18.5. The first-order valence-corrected chi connectivity index (χ1v) is 13.8. The summed E-state index contributed by atoms with van der Waals surface area (Å²) in [7, 11) is -4.39. The van der Waals surface area contributed by atoms with Gasteiger partial charge in [0.25, 0.3) is 0 Å². The molecule has 6 nitrogen and oxygen atoms in total. The van der Waals surface area contributed by atoms with E-state index in [1.165, 1.54) is 19.3 Å². The summed E-state index contributed by atoms with van der Waals surface area (Å²) in [5, 5.41) is 0. The number of hydrogen-bond donors (Lipinski definition) is 1. The van der Waals surface area contributed by atoms with Gasteiger partial charge in [-0.3, -0.25) is 9.35 Å². The summed E-state index contributed by atoms with van der Waals surface area (Å²) in [5.41, 5.74) is 0.179. The van der Waals surface area contributed by atoms with Gasteiger partial charge in [0.15, 0.2) is 0 Å². The number of esters is 1. The molecule has 6 saturated carbocycles. The van der Waals surface area contributed by atoms with Crippen LogP contribution >= 0.6 is 0 Å². The molecule has 7 heteroatoms. The topological polar surface area (TPSA) is 89.9 Å². The predicted molar refractivity (Wildman–Crippen MR) is 111 cm³/mol. The lowest BCUT2D eigenvalue weighted by Crippen LogP contribution is -2.59. The van der Waals surface area contributed by atoms with Gasteiger partial charge >= 0.3 is 16.4 Å². The van der Waals surface area contributed by atoms with Crippen molar-refractivity contribution in [2.45, 2.75) is 83.3 Å². The molecule has 0 aromatic carbocycles. The van der Waals surface area contributed by atoms with E-state index in [-0.39, 0.29) is 28.5 Å². The predicted octanol–water partition coefficient (Wildman–Crippen LogP) is 4.00. The van der Waals surface area contributed by atoms with E-state index < -0.39 is 10.4 Å². The highest BCUT2D eigenvalue weighted by Gasteiger charge is 2.81. The van der Waals surface area contributed by atoms with E-state index in [9.17, 15) is 17.8 Å². The van der Waals surface area contributed by atoms with E-state index >= 15 is 0 Å². The molecule has 1 unspecified atom stereocenters. The van der Waals surface area contributed by atoms with E-state index in [2.05, 4.69) is 13.8 Å². The Labute approximate surface area is 184 Å². The van der Waals surface area contributed by atoms with Crippen molar-refractivity contribution in [3.8, 4) is 0 Å². The fourth-order valence-corrected chi connectivity index (χ4v) is 11.3. The molecule has 1 spiro atoms. The Morgan fingerprint density at radius 1 is 0.968 bits per heavy atom. The molecular weight excluding hydrogens is 416 g/mol. The van der Waals surface area contributed by atoms with Gasteiger partial charge < -0.3 is 4.74 Å². The van der Waals surface area contributed by atoms with Gasteiger partial charge in [0.2, 0.25) is 0 Å². The van der Waals surface area contributed by atoms with Gasteiger partial charge in [-0.15, -0.1) is 0 Å². The lowest BCUT2D eigenvalue weighted by molar-refractivity contribution is -0.187. The molecule has 1 heterocycles. The second-order valence-electron chi connectivity index (χ2n) is 12.6. The van der Waals surface area contributed by atoms with Crippen LogP contribution in [0.5, 0.6) is 0 Å². The molecule has 0 aromatic heterocycles. The quantitative estimate of drug-likeness (QED) is 0.505. The highest BCUT2D eigenvalue weighted by Crippen LogP contribution is 2.82. The van der Waals surface area contributed by atoms with Gasteiger partial charge in [0, 0.05) is 17.8 Å². The SMILES string of the molecule is C[C@@]12CCC(OS(=O)(=O)O)C[C@@H]1[C@H]1C[C@H]1[C@@H]1[C@H]3[C@H]4C[C@H]4[C@]4(CCC(=O)O4)[C@]3(C)CC[C@H]12. The average Bonchev–Trinajstić information content (AvgIpc) is 3.58. The van der Waals surface area contributed by atoms with Gasteiger partial charge in [0.05, 0.1) is 6.10 Å². The van der Waals surface area contributed by atoms with Crippen molar-refractivity contribution in [3.63, 3.8) is 0 Å². The molecule has 7 aliphatic rings. The van der Waals surface area contributed by atoms with Crippen molar-refractivity contribution in [2.24, 2.45) is 58.2 Å².